The summed E-state index contributed by atoms with van der Waals surface area (Å²) in [5.74, 6) is -0.921. The minimum absolute atomic E-state index is 0.0738. The largest absolute Gasteiger partial charge is 0.469 e. The molecule has 0 fully saturated rings. The third-order valence-electron chi connectivity index (χ3n) is 2.34. The summed E-state index contributed by atoms with van der Waals surface area (Å²) in [6, 6.07) is 4.94. The van der Waals surface area contributed by atoms with Gasteiger partial charge >= 0.3 is 5.97 Å². The summed E-state index contributed by atoms with van der Waals surface area (Å²) in [6.07, 6.45) is 0.0738. The lowest BCUT2D eigenvalue weighted by Gasteiger charge is -2.10. The van der Waals surface area contributed by atoms with Gasteiger partial charge in [-0.05, 0) is 34.1 Å². The molecule has 1 rings (SSSR count). The molecule has 17 heavy (non-hydrogen) atoms. The number of hydrogen-bond acceptors (Lipinski definition) is 3. The van der Waals surface area contributed by atoms with E-state index in [0.717, 1.165) is 0 Å². The molecular weight excluding hydrogens is 307 g/mol. The van der Waals surface area contributed by atoms with Crippen molar-refractivity contribution in [2.75, 3.05) is 7.11 Å². The van der Waals surface area contributed by atoms with Crippen molar-refractivity contribution in [2.45, 2.75) is 13.3 Å². The molecule has 0 radical (unpaired) electrons. The maximum Gasteiger partial charge on any atom is 0.306 e. The number of methoxy groups -OCH3 is 1. The van der Waals surface area contributed by atoms with Gasteiger partial charge in [0.1, 0.15) is 0 Å². The fraction of sp³-hybridized carbons (Fsp3) is 0.333. The van der Waals surface area contributed by atoms with E-state index in [4.69, 9.17) is 11.6 Å². The van der Waals surface area contributed by atoms with Crippen molar-refractivity contribution in [3.05, 3.63) is 33.3 Å². The topological polar surface area (TPSA) is 43.4 Å². The lowest BCUT2D eigenvalue weighted by atomic mass is 9.96. The maximum atomic E-state index is 12.0. The van der Waals surface area contributed by atoms with Crippen molar-refractivity contribution in [1.82, 2.24) is 0 Å². The standard InChI is InChI=1S/C12H12BrClO3/c1-7(5-11(15)17-2)12(16)9-4-3-8(14)6-10(9)13/h3-4,6-7H,5H2,1-2H3. The van der Waals surface area contributed by atoms with E-state index in [1.165, 1.54) is 7.11 Å². The number of carbonyl (C=O) groups excluding carboxylic acids is 2. The Kier molecular flexibility index (Phi) is 5.15. The molecule has 5 heteroatoms. The van der Waals surface area contributed by atoms with E-state index in [9.17, 15) is 9.59 Å². The quantitative estimate of drug-likeness (QED) is 0.630. The zero-order chi connectivity index (χ0) is 13.0. The molecule has 0 saturated carbocycles. The number of halogens is 2. The molecule has 0 N–H and O–H groups in total. The number of esters is 1. The van der Waals surface area contributed by atoms with E-state index in [2.05, 4.69) is 20.7 Å². The van der Waals surface area contributed by atoms with Gasteiger partial charge in [-0.25, -0.2) is 0 Å². The summed E-state index contributed by atoms with van der Waals surface area (Å²) in [5.41, 5.74) is 0.519. The maximum absolute atomic E-state index is 12.0. The Bertz CT molecular complexity index is 445. The van der Waals surface area contributed by atoms with Crippen LogP contribution in [0.5, 0.6) is 0 Å². The first-order chi connectivity index (χ1) is 7.95. The van der Waals surface area contributed by atoms with Gasteiger partial charge in [-0.3, -0.25) is 9.59 Å². The first-order valence-corrected chi connectivity index (χ1v) is 6.19. The summed E-state index contributed by atoms with van der Waals surface area (Å²) >= 11 is 9.07. The summed E-state index contributed by atoms with van der Waals surface area (Å²) in [6.45, 7) is 1.69. The number of carbonyl (C=O) groups is 2. The van der Waals surface area contributed by atoms with Crippen LogP contribution in [0.15, 0.2) is 22.7 Å². The molecule has 0 spiro atoms. The Hall–Kier alpha value is -0.870. The molecule has 0 aliphatic carbocycles. The zero-order valence-electron chi connectivity index (χ0n) is 9.50. The fourth-order valence-electron chi connectivity index (χ4n) is 1.38. The minimum Gasteiger partial charge on any atom is -0.469 e. The van der Waals surface area contributed by atoms with E-state index >= 15 is 0 Å². The summed E-state index contributed by atoms with van der Waals surface area (Å²) in [5, 5.41) is 0.550. The number of rotatable bonds is 4. The molecule has 0 heterocycles. The molecule has 1 aromatic carbocycles. The van der Waals surface area contributed by atoms with Crippen molar-refractivity contribution in [3.63, 3.8) is 0 Å². The molecule has 0 bridgehead atoms. The highest BCUT2D eigenvalue weighted by molar-refractivity contribution is 9.10. The van der Waals surface area contributed by atoms with Crippen LogP contribution in [0.3, 0.4) is 0 Å². The van der Waals surface area contributed by atoms with Crippen LogP contribution in [0, 0.1) is 5.92 Å². The number of ketones is 1. The molecule has 0 aliphatic heterocycles. The van der Waals surface area contributed by atoms with Crippen LogP contribution >= 0.6 is 27.5 Å². The third kappa shape index (κ3) is 3.82. The van der Waals surface area contributed by atoms with Crippen molar-refractivity contribution in [1.29, 1.82) is 0 Å². The van der Waals surface area contributed by atoms with Gasteiger partial charge in [-0.15, -0.1) is 0 Å². The SMILES string of the molecule is COC(=O)CC(C)C(=O)c1ccc(Cl)cc1Br. The molecule has 0 saturated heterocycles. The lowest BCUT2D eigenvalue weighted by Crippen LogP contribution is -2.17. The molecular formula is C12H12BrClO3. The van der Waals surface area contributed by atoms with E-state index in [-0.39, 0.29) is 12.2 Å². The van der Waals surface area contributed by atoms with Gasteiger partial charge in [0, 0.05) is 21.0 Å². The van der Waals surface area contributed by atoms with Crippen molar-refractivity contribution in [2.24, 2.45) is 5.92 Å². The normalized spacial score (nSPS) is 12.0. The molecule has 0 aromatic heterocycles. The Labute approximate surface area is 113 Å². The Morgan fingerprint density at radius 1 is 1.47 bits per heavy atom. The van der Waals surface area contributed by atoms with Gasteiger partial charge < -0.3 is 4.74 Å². The number of ether oxygens (including phenoxy) is 1. The molecule has 1 unspecified atom stereocenters. The summed E-state index contributed by atoms with van der Waals surface area (Å²) < 4.78 is 5.16. The Morgan fingerprint density at radius 3 is 2.65 bits per heavy atom. The van der Waals surface area contributed by atoms with Crippen LogP contribution in [-0.2, 0) is 9.53 Å². The van der Waals surface area contributed by atoms with Gasteiger partial charge in [-0.1, -0.05) is 18.5 Å². The van der Waals surface area contributed by atoms with Gasteiger partial charge in [0.05, 0.1) is 13.5 Å². The van der Waals surface area contributed by atoms with Crippen LogP contribution in [0.4, 0.5) is 0 Å². The molecule has 0 amide bonds. The van der Waals surface area contributed by atoms with Gasteiger partial charge in [0.25, 0.3) is 0 Å². The van der Waals surface area contributed by atoms with Crippen LogP contribution in [-0.4, -0.2) is 18.9 Å². The Balaban J connectivity index is 2.85. The number of hydrogen-bond donors (Lipinski definition) is 0. The zero-order valence-corrected chi connectivity index (χ0v) is 11.8. The third-order valence-corrected chi connectivity index (χ3v) is 3.24. The minimum atomic E-state index is -0.417. The summed E-state index contributed by atoms with van der Waals surface area (Å²) in [7, 11) is 1.30. The van der Waals surface area contributed by atoms with Gasteiger partial charge in [0.15, 0.2) is 5.78 Å². The highest BCUT2D eigenvalue weighted by Crippen LogP contribution is 2.24. The predicted molar refractivity (Wildman–Crippen MR) is 69.3 cm³/mol. The van der Waals surface area contributed by atoms with Gasteiger partial charge in [-0.2, -0.15) is 0 Å². The van der Waals surface area contributed by atoms with E-state index < -0.39 is 11.9 Å². The average Bonchev–Trinajstić information content (AvgIpc) is 2.28. The second kappa shape index (κ2) is 6.17. The van der Waals surface area contributed by atoms with Crippen molar-refractivity contribution >= 4 is 39.3 Å². The van der Waals surface area contributed by atoms with E-state index in [1.54, 1.807) is 25.1 Å². The average molecular weight is 320 g/mol. The van der Waals surface area contributed by atoms with Crippen LogP contribution in [0.25, 0.3) is 0 Å². The summed E-state index contributed by atoms with van der Waals surface area (Å²) in [4.78, 5) is 23.1. The van der Waals surface area contributed by atoms with Crippen LogP contribution in [0.1, 0.15) is 23.7 Å². The second-order valence-electron chi connectivity index (χ2n) is 3.67. The number of benzene rings is 1. The van der Waals surface area contributed by atoms with Crippen molar-refractivity contribution in [3.8, 4) is 0 Å². The first kappa shape index (κ1) is 14.2. The predicted octanol–water partition coefficient (Wildman–Crippen LogP) is 3.48. The Morgan fingerprint density at radius 2 is 2.12 bits per heavy atom. The molecule has 1 atom stereocenters. The fourth-order valence-corrected chi connectivity index (χ4v) is 2.26. The second-order valence-corrected chi connectivity index (χ2v) is 4.96. The van der Waals surface area contributed by atoms with E-state index in [0.29, 0.717) is 15.1 Å². The van der Waals surface area contributed by atoms with Crippen molar-refractivity contribution < 1.29 is 14.3 Å². The molecule has 3 nitrogen and oxygen atoms in total. The van der Waals surface area contributed by atoms with E-state index in [1.807, 2.05) is 0 Å². The first-order valence-electron chi connectivity index (χ1n) is 5.01. The highest BCUT2D eigenvalue weighted by atomic mass is 79.9. The molecule has 92 valence electrons. The number of Topliss-reactive ketones (excluding diaryl/α,β-unsaturated/α-hetero) is 1. The van der Waals surface area contributed by atoms with Crippen LogP contribution in [0.2, 0.25) is 5.02 Å². The van der Waals surface area contributed by atoms with Gasteiger partial charge in [0.2, 0.25) is 0 Å². The molecule has 0 aliphatic rings. The smallest absolute Gasteiger partial charge is 0.306 e. The highest BCUT2D eigenvalue weighted by Gasteiger charge is 2.20. The molecule has 1 aromatic rings. The van der Waals surface area contributed by atoms with Crippen LogP contribution < -0.4 is 0 Å². The monoisotopic (exact) mass is 318 g/mol. The lowest BCUT2D eigenvalue weighted by molar-refractivity contribution is -0.141.